The molecule has 14 heavy (non-hydrogen) atoms. The highest BCUT2D eigenvalue weighted by Gasteiger charge is 2.13. The molecule has 0 fully saturated rings. The molecule has 80 valence electrons. The Morgan fingerprint density at radius 3 is 2.79 bits per heavy atom. The summed E-state index contributed by atoms with van der Waals surface area (Å²) in [6, 6.07) is 2.21. The number of hydrogen-bond acceptors (Lipinski definition) is 3. The van der Waals surface area contributed by atoms with E-state index in [1.165, 1.54) is 0 Å². The fourth-order valence-corrected chi connectivity index (χ4v) is 1.18. The van der Waals surface area contributed by atoms with Gasteiger partial charge in [0, 0.05) is 25.0 Å². The predicted octanol–water partition coefficient (Wildman–Crippen LogP) is 0.632. The van der Waals surface area contributed by atoms with Gasteiger partial charge in [0.1, 0.15) is 0 Å². The second kappa shape index (κ2) is 4.57. The molecule has 1 unspecified atom stereocenters. The molecule has 0 radical (unpaired) electrons. The Morgan fingerprint density at radius 2 is 2.29 bits per heavy atom. The van der Waals surface area contributed by atoms with Gasteiger partial charge in [-0.2, -0.15) is 5.10 Å². The Balaban J connectivity index is 2.26. The molecule has 0 aliphatic rings. The van der Waals surface area contributed by atoms with Crippen molar-refractivity contribution in [1.29, 1.82) is 0 Å². The van der Waals surface area contributed by atoms with Gasteiger partial charge >= 0.3 is 0 Å². The normalized spacial score (nSPS) is 14.3. The molecular formula is C10H19N3O. The van der Waals surface area contributed by atoms with Crippen molar-refractivity contribution in [3.8, 4) is 0 Å². The minimum absolute atomic E-state index is 0.307. The quantitative estimate of drug-likeness (QED) is 0.728. The maximum atomic E-state index is 9.51. The van der Waals surface area contributed by atoms with Gasteiger partial charge in [-0.15, -0.1) is 0 Å². The van der Waals surface area contributed by atoms with Gasteiger partial charge in [0.15, 0.2) is 0 Å². The van der Waals surface area contributed by atoms with Crippen molar-refractivity contribution < 1.29 is 5.11 Å². The summed E-state index contributed by atoms with van der Waals surface area (Å²) < 4.78 is 1.88. The number of aromatic nitrogens is 2. The molecule has 1 rings (SSSR count). The van der Waals surface area contributed by atoms with Crippen LogP contribution in [0.5, 0.6) is 0 Å². The third-order valence-corrected chi connectivity index (χ3v) is 1.90. The maximum Gasteiger partial charge on any atom is 0.0715 e. The average Bonchev–Trinajstić information content (AvgIpc) is 2.52. The first kappa shape index (κ1) is 11.2. The van der Waals surface area contributed by atoms with Crippen molar-refractivity contribution in [1.82, 2.24) is 15.1 Å². The number of nitrogens with zero attached hydrogens (tertiary/aromatic N) is 2. The zero-order valence-electron chi connectivity index (χ0n) is 9.07. The Labute approximate surface area is 84.9 Å². The second-order valence-electron chi connectivity index (χ2n) is 4.32. The first-order valence-corrected chi connectivity index (χ1v) is 4.90. The predicted molar refractivity (Wildman–Crippen MR) is 56.0 cm³/mol. The zero-order chi connectivity index (χ0) is 10.6. The molecule has 1 aromatic rings. The van der Waals surface area contributed by atoms with E-state index < -0.39 is 5.60 Å². The van der Waals surface area contributed by atoms with Crippen molar-refractivity contribution in [3.05, 3.63) is 18.5 Å². The highest BCUT2D eigenvalue weighted by atomic mass is 16.3. The van der Waals surface area contributed by atoms with Gasteiger partial charge in [-0.3, -0.25) is 4.68 Å². The number of nitrogens with one attached hydrogen (secondary N) is 1. The van der Waals surface area contributed by atoms with E-state index in [1.54, 1.807) is 20.0 Å². The number of hydrogen-bond donors (Lipinski definition) is 2. The Kier molecular flexibility index (Phi) is 3.66. The van der Waals surface area contributed by atoms with Crippen LogP contribution in [0.15, 0.2) is 18.5 Å². The molecular weight excluding hydrogens is 178 g/mol. The summed E-state index contributed by atoms with van der Waals surface area (Å²) in [5.74, 6) is 0. The molecule has 0 amide bonds. The monoisotopic (exact) mass is 197 g/mol. The molecule has 4 heteroatoms. The summed E-state index contributed by atoms with van der Waals surface area (Å²) in [4.78, 5) is 0. The van der Waals surface area contributed by atoms with Crippen LogP contribution in [0.2, 0.25) is 0 Å². The van der Waals surface area contributed by atoms with Crippen LogP contribution in [-0.4, -0.2) is 33.1 Å². The van der Waals surface area contributed by atoms with Gasteiger partial charge in [-0.25, -0.2) is 0 Å². The first-order chi connectivity index (χ1) is 6.47. The van der Waals surface area contributed by atoms with Crippen molar-refractivity contribution in [3.63, 3.8) is 0 Å². The van der Waals surface area contributed by atoms with Gasteiger partial charge in [-0.05, 0) is 26.8 Å². The highest BCUT2D eigenvalue weighted by Crippen LogP contribution is 1.99. The van der Waals surface area contributed by atoms with Gasteiger partial charge in [0.2, 0.25) is 0 Å². The molecule has 0 aliphatic heterocycles. The molecule has 2 N–H and O–H groups in total. The fraction of sp³-hybridized carbons (Fsp3) is 0.700. The Bertz CT molecular complexity index is 251. The van der Waals surface area contributed by atoms with Gasteiger partial charge in [0.25, 0.3) is 0 Å². The third kappa shape index (κ3) is 4.39. The standard InChI is InChI=1S/C10H19N3O/c1-9(11-8-10(2,3)14)7-13-6-4-5-12-13/h4-6,9,11,14H,7-8H2,1-3H3. The lowest BCUT2D eigenvalue weighted by atomic mass is 10.1. The summed E-state index contributed by atoms with van der Waals surface area (Å²) in [6.45, 7) is 7.08. The lowest BCUT2D eigenvalue weighted by molar-refractivity contribution is 0.0762. The highest BCUT2D eigenvalue weighted by molar-refractivity contribution is 4.79. The number of rotatable bonds is 5. The summed E-state index contributed by atoms with van der Waals surface area (Å²) in [6.07, 6.45) is 3.70. The van der Waals surface area contributed by atoms with E-state index in [0.717, 1.165) is 6.54 Å². The largest absolute Gasteiger partial charge is 0.389 e. The maximum absolute atomic E-state index is 9.51. The molecule has 1 atom stereocenters. The molecule has 1 heterocycles. The van der Waals surface area contributed by atoms with Crippen LogP contribution < -0.4 is 5.32 Å². The van der Waals surface area contributed by atoms with Crippen LogP contribution in [0.4, 0.5) is 0 Å². The molecule has 0 saturated heterocycles. The molecule has 0 aliphatic carbocycles. The number of aliphatic hydroxyl groups is 1. The van der Waals surface area contributed by atoms with Gasteiger partial charge in [0.05, 0.1) is 12.1 Å². The third-order valence-electron chi connectivity index (χ3n) is 1.90. The van der Waals surface area contributed by atoms with Gasteiger partial charge in [-0.1, -0.05) is 0 Å². The van der Waals surface area contributed by atoms with Crippen LogP contribution in [0.1, 0.15) is 20.8 Å². The van der Waals surface area contributed by atoms with Crippen LogP contribution in [0.25, 0.3) is 0 Å². The van der Waals surface area contributed by atoms with E-state index in [2.05, 4.69) is 17.3 Å². The van der Waals surface area contributed by atoms with E-state index in [4.69, 9.17) is 0 Å². The Hall–Kier alpha value is -0.870. The summed E-state index contributed by atoms with van der Waals surface area (Å²) in [5.41, 5.74) is -0.654. The zero-order valence-corrected chi connectivity index (χ0v) is 9.07. The molecule has 0 aromatic carbocycles. The van der Waals surface area contributed by atoms with Crippen LogP contribution in [0, 0.1) is 0 Å². The average molecular weight is 197 g/mol. The van der Waals surface area contributed by atoms with E-state index in [9.17, 15) is 5.11 Å². The molecule has 4 nitrogen and oxygen atoms in total. The summed E-state index contributed by atoms with van der Waals surface area (Å²) >= 11 is 0. The van der Waals surface area contributed by atoms with E-state index >= 15 is 0 Å². The second-order valence-corrected chi connectivity index (χ2v) is 4.32. The van der Waals surface area contributed by atoms with E-state index in [0.29, 0.717) is 12.6 Å². The van der Waals surface area contributed by atoms with Crippen LogP contribution in [-0.2, 0) is 6.54 Å². The molecule has 0 spiro atoms. The van der Waals surface area contributed by atoms with Crippen molar-refractivity contribution in [2.24, 2.45) is 0 Å². The minimum atomic E-state index is -0.654. The van der Waals surface area contributed by atoms with E-state index in [-0.39, 0.29) is 0 Å². The van der Waals surface area contributed by atoms with Crippen LogP contribution in [0.3, 0.4) is 0 Å². The first-order valence-electron chi connectivity index (χ1n) is 4.90. The molecule has 0 bridgehead atoms. The topological polar surface area (TPSA) is 50.1 Å². The summed E-state index contributed by atoms with van der Waals surface area (Å²) in [7, 11) is 0. The lowest BCUT2D eigenvalue weighted by Crippen LogP contribution is -2.41. The Morgan fingerprint density at radius 1 is 1.57 bits per heavy atom. The fourth-order valence-electron chi connectivity index (χ4n) is 1.18. The lowest BCUT2D eigenvalue weighted by Gasteiger charge is -2.21. The van der Waals surface area contributed by atoms with Crippen LogP contribution >= 0.6 is 0 Å². The van der Waals surface area contributed by atoms with E-state index in [1.807, 2.05) is 16.9 Å². The van der Waals surface area contributed by atoms with Crippen molar-refractivity contribution in [2.45, 2.75) is 39.0 Å². The molecule has 1 aromatic heterocycles. The SMILES string of the molecule is CC(Cn1cccn1)NCC(C)(C)O. The van der Waals surface area contributed by atoms with Crippen molar-refractivity contribution >= 4 is 0 Å². The van der Waals surface area contributed by atoms with Gasteiger partial charge < -0.3 is 10.4 Å². The summed E-state index contributed by atoms with van der Waals surface area (Å²) in [5, 5.41) is 16.9. The smallest absolute Gasteiger partial charge is 0.0715 e. The minimum Gasteiger partial charge on any atom is -0.389 e. The molecule has 0 saturated carbocycles. The van der Waals surface area contributed by atoms with Crippen molar-refractivity contribution in [2.75, 3.05) is 6.54 Å².